The summed E-state index contributed by atoms with van der Waals surface area (Å²) in [6.45, 7) is 0.898. The number of ether oxygens (including phenoxy) is 1. The Balaban J connectivity index is 1.69. The third-order valence-corrected chi connectivity index (χ3v) is 4.39. The molecule has 2 aromatic carbocycles. The Kier molecular flexibility index (Phi) is 5.43. The van der Waals surface area contributed by atoms with Gasteiger partial charge in [0.05, 0.1) is 12.1 Å². The lowest BCUT2D eigenvalue weighted by molar-refractivity contribution is -0.137. The van der Waals surface area contributed by atoms with Crippen molar-refractivity contribution in [3.8, 4) is 11.5 Å². The van der Waals surface area contributed by atoms with Crippen LogP contribution >= 0.6 is 0 Å². The number of fused-ring (bicyclic) bond motifs is 1. The van der Waals surface area contributed by atoms with Crippen molar-refractivity contribution in [1.29, 1.82) is 5.41 Å². The fourth-order valence-corrected chi connectivity index (χ4v) is 2.94. The number of carbonyl (C=O) groups excluding carboxylic acids is 1. The van der Waals surface area contributed by atoms with E-state index in [1.807, 2.05) is 6.07 Å². The van der Waals surface area contributed by atoms with Gasteiger partial charge in [-0.15, -0.1) is 0 Å². The molecule has 1 aliphatic rings. The first-order chi connectivity index (χ1) is 13.2. The summed E-state index contributed by atoms with van der Waals surface area (Å²) in [6, 6.07) is 9.91. The largest absolute Gasteiger partial charge is 0.457 e. The summed E-state index contributed by atoms with van der Waals surface area (Å²) in [6.07, 6.45) is -3.71. The zero-order chi connectivity index (χ0) is 20.3. The van der Waals surface area contributed by atoms with Crippen LogP contribution in [0.3, 0.4) is 0 Å². The summed E-state index contributed by atoms with van der Waals surface area (Å²) < 4.78 is 43.6. The van der Waals surface area contributed by atoms with Crippen LogP contribution in [0.5, 0.6) is 11.5 Å². The van der Waals surface area contributed by atoms with Crippen LogP contribution in [0, 0.1) is 5.41 Å². The van der Waals surface area contributed by atoms with E-state index in [4.69, 9.17) is 15.9 Å². The van der Waals surface area contributed by atoms with E-state index in [1.54, 1.807) is 17.0 Å². The lowest BCUT2D eigenvalue weighted by Crippen LogP contribution is -2.44. The number of benzene rings is 2. The van der Waals surface area contributed by atoms with Gasteiger partial charge in [-0.1, -0.05) is 6.07 Å². The number of halogens is 3. The molecule has 9 heteroatoms. The number of rotatable bonds is 4. The van der Waals surface area contributed by atoms with E-state index < -0.39 is 11.7 Å². The monoisotopic (exact) mass is 392 g/mol. The summed E-state index contributed by atoms with van der Waals surface area (Å²) in [5.41, 5.74) is 6.45. The summed E-state index contributed by atoms with van der Waals surface area (Å²) in [5.74, 6) is 0.338. The molecule has 0 bridgehead atoms. The maximum Gasteiger partial charge on any atom is 0.416 e. The molecule has 148 valence electrons. The number of hydrogen-bond acceptors (Lipinski definition) is 3. The van der Waals surface area contributed by atoms with Gasteiger partial charge >= 0.3 is 6.18 Å². The first-order valence-electron chi connectivity index (χ1n) is 8.55. The average Bonchev–Trinajstić information content (AvgIpc) is 2.65. The van der Waals surface area contributed by atoms with Crippen molar-refractivity contribution in [3.63, 3.8) is 0 Å². The highest BCUT2D eigenvalue weighted by Crippen LogP contribution is 2.32. The van der Waals surface area contributed by atoms with Gasteiger partial charge in [-0.25, -0.2) is 0 Å². The Morgan fingerprint density at radius 3 is 2.46 bits per heavy atom. The van der Waals surface area contributed by atoms with Crippen LogP contribution in [0.15, 0.2) is 42.5 Å². The van der Waals surface area contributed by atoms with Gasteiger partial charge in [0, 0.05) is 13.1 Å². The molecule has 0 fully saturated rings. The topological polar surface area (TPSA) is 91.4 Å². The molecule has 6 nitrogen and oxygen atoms in total. The Morgan fingerprint density at radius 1 is 1.14 bits per heavy atom. The zero-order valence-corrected chi connectivity index (χ0v) is 14.8. The van der Waals surface area contributed by atoms with E-state index in [2.05, 4.69) is 5.32 Å². The van der Waals surface area contributed by atoms with Crippen molar-refractivity contribution in [2.45, 2.75) is 19.1 Å². The molecular formula is C19H19F3N4O2. The SMILES string of the molecule is N=C(N)NCC(=O)N1CCc2ccc(Oc3ccc(C(F)(F)F)cc3)cc2C1. The molecule has 1 amide bonds. The maximum atomic E-state index is 12.6. The van der Waals surface area contributed by atoms with Gasteiger partial charge in [0.2, 0.25) is 5.91 Å². The highest BCUT2D eigenvalue weighted by atomic mass is 19.4. The quantitative estimate of drug-likeness (QED) is 0.551. The molecule has 0 saturated carbocycles. The van der Waals surface area contributed by atoms with Crippen molar-refractivity contribution >= 4 is 11.9 Å². The molecule has 0 atom stereocenters. The lowest BCUT2D eigenvalue weighted by atomic mass is 9.99. The molecule has 4 N–H and O–H groups in total. The molecule has 0 unspecified atom stereocenters. The number of nitrogens with one attached hydrogen (secondary N) is 2. The number of hydrogen-bond donors (Lipinski definition) is 3. The average molecular weight is 392 g/mol. The van der Waals surface area contributed by atoms with Crippen LogP contribution in [0.2, 0.25) is 0 Å². The number of alkyl halides is 3. The van der Waals surface area contributed by atoms with Crippen LogP contribution < -0.4 is 15.8 Å². The first-order valence-corrected chi connectivity index (χ1v) is 8.55. The predicted octanol–water partition coefficient (Wildman–Crippen LogP) is 2.87. The molecule has 3 rings (SSSR count). The third-order valence-electron chi connectivity index (χ3n) is 4.39. The van der Waals surface area contributed by atoms with Crippen LogP contribution in [0.4, 0.5) is 13.2 Å². The van der Waals surface area contributed by atoms with Crippen molar-refractivity contribution in [3.05, 3.63) is 59.2 Å². The van der Waals surface area contributed by atoms with Crippen LogP contribution in [-0.4, -0.2) is 29.9 Å². The second-order valence-corrected chi connectivity index (χ2v) is 6.39. The van der Waals surface area contributed by atoms with Gasteiger partial charge in [0.1, 0.15) is 11.5 Å². The standard InChI is InChI=1S/C19H19F3N4O2/c20-19(21,22)14-2-5-15(6-3-14)28-16-4-1-12-7-8-26(11-13(12)9-16)17(27)10-25-18(23)24/h1-6,9H,7-8,10-11H2,(H4,23,24,25). The van der Waals surface area contributed by atoms with Crippen LogP contribution in [-0.2, 0) is 23.9 Å². The maximum absolute atomic E-state index is 12.6. The molecule has 1 aliphatic heterocycles. The Morgan fingerprint density at radius 2 is 1.82 bits per heavy atom. The van der Waals surface area contributed by atoms with Gasteiger partial charge in [-0.2, -0.15) is 13.2 Å². The van der Waals surface area contributed by atoms with Crippen molar-refractivity contribution in [1.82, 2.24) is 10.2 Å². The fraction of sp³-hybridized carbons (Fsp3) is 0.263. The summed E-state index contributed by atoms with van der Waals surface area (Å²) in [5, 5.41) is 9.61. The second-order valence-electron chi connectivity index (χ2n) is 6.39. The van der Waals surface area contributed by atoms with Gasteiger partial charge in [0.15, 0.2) is 5.96 Å². The highest BCUT2D eigenvalue weighted by Gasteiger charge is 2.30. The minimum absolute atomic E-state index is 0.0492. The smallest absolute Gasteiger partial charge is 0.416 e. The predicted molar refractivity (Wildman–Crippen MR) is 97.0 cm³/mol. The molecular weight excluding hydrogens is 373 g/mol. The fourth-order valence-electron chi connectivity index (χ4n) is 2.94. The normalized spacial score (nSPS) is 13.6. The second kappa shape index (κ2) is 7.79. The van der Waals surface area contributed by atoms with Crippen LogP contribution in [0.1, 0.15) is 16.7 Å². The number of nitrogens with two attached hydrogens (primary N) is 1. The molecule has 0 aromatic heterocycles. The number of amides is 1. The van der Waals surface area contributed by atoms with E-state index in [-0.39, 0.29) is 18.4 Å². The highest BCUT2D eigenvalue weighted by molar-refractivity contribution is 5.84. The van der Waals surface area contributed by atoms with Crippen molar-refractivity contribution < 1.29 is 22.7 Å². The van der Waals surface area contributed by atoms with Gasteiger partial charge < -0.3 is 20.7 Å². The van der Waals surface area contributed by atoms with Gasteiger partial charge in [0.25, 0.3) is 0 Å². The van der Waals surface area contributed by atoms with Gasteiger partial charge in [-0.3, -0.25) is 10.2 Å². The molecule has 1 heterocycles. The Bertz CT molecular complexity index is 882. The molecule has 0 saturated heterocycles. The summed E-state index contributed by atoms with van der Waals surface area (Å²) >= 11 is 0. The minimum Gasteiger partial charge on any atom is -0.457 e. The van der Waals surface area contributed by atoms with E-state index in [9.17, 15) is 18.0 Å². The van der Waals surface area contributed by atoms with Gasteiger partial charge in [-0.05, 0) is 53.9 Å². The Labute approximate surface area is 159 Å². The Hall–Kier alpha value is -3.23. The number of guanidine groups is 1. The van der Waals surface area contributed by atoms with E-state index in [0.717, 1.165) is 23.3 Å². The number of carbonyl (C=O) groups is 1. The van der Waals surface area contributed by atoms with Crippen molar-refractivity contribution in [2.75, 3.05) is 13.1 Å². The first kappa shape index (κ1) is 19.5. The number of nitrogens with zero attached hydrogens (tertiary/aromatic N) is 1. The zero-order valence-electron chi connectivity index (χ0n) is 14.8. The minimum atomic E-state index is -4.39. The van der Waals surface area contributed by atoms with E-state index >= 15 is 0 Å². The van der Waals surface area contributed by atoms with Crippen molar-refractivity contribution in [2.24, 2.45) is 5.73 Å². The molecule has 0 aliphatic carbocycles. The third kappa shape index (κ3) is 4.73. The molecule has 0 radical (unpaired) electrons. The lowest BCUT2D eigenvalue weighted by Gasteiger charge is -2.29. The molecule has 2 aromatic rings. The van der Waals surface area contributed by atoms with E-state index in [1.165, 1.54) is 12.1 Å². The van der Waals surface area contributed by atoms with E-state index in [0.29, 0.717) is 31.0 Å². The molecule has 28 heavy (non-hydrogen) atoms. The summed E-state index contributed by atoms with van der Waals surface area (Å²) in [7, 11) is 0. The molecule has 0 spiro atoms. The summed E-state index contributed by atoms with van der Waals surface area (Å²) in [4.78, 5) is 13.8. The van der Waals surface area contributed by atoms with Crippen LogP contribution in [0.25, 0.3) is 0 Å².